The van der Waals surface area contributed by atoms with Crippen molar-refractivity contribution in [1.29, 1.82) is 0 Å². The van der Waals surface area contributed by atoms with Gasteiger partial charge < -0.3 is 19.3 Å². The first-order valence-electron chi connectivity index (χ1n) is 9.25. The molecule has 0 amide bonds. The molecule has 4 rings (SSSR count). The number of hydrogen-bond donors (Lipinski definition) is 2. The van der Waals surface area contributed by atoms with Gasteiger partial charge in [-0.15, -0.1) is 0 Å². The predicted octanol–water partition coefficient (Wildman–Crippen LogP) is 1.80. The molecular weight excluding hydrogens is 377 g/mol. The van der Waals surface area contributed by atoms with Gasteiger partial charge in [0.1, 0.15) is 18.2 Å². The van der Waals surface area contributed by atoms with Gasteiger partial charge in [-0.05, 0) is 19.1 Å². The number of methoxy groups -OCH3 is 2. The summed E-state index contributed by atoms with van der Waals surface area (Å²) in [5.74, 6) is 0.223. The van der Waals surface area contributed by atoms with Gasteiger partial charge in [0.2, 0.25) is 0 Å². The number of aryl methyl sites for hydroxylation is 1. The summed E-state index contributed by atoms with van der Waals surface area (Å²) in [6.07, 6.45) is 3.76. The Labute approximate surface area is 166 Å². The van der Waals surface area contributed by atoms with E-state index in [2.05, 4.69) is 10.2 Å². The van der Waals surface area contributed by atoms with Gasteiger partial charge in [-0.2, -0.15) is 5.10 Å². The SMILES string of the molecule is COCCOC1=C(OC)C2=c3c(C)n[nH]c3=NC(c3ccc(O)cc3F)C2C=C1. The van der Waals surface area contributed by atoms with Crippen LogP contribution >= 0.6 is 0 Å². The van der Waals surface area contributed by atoms with Gasteiger partial charge in [0, 0.05) is 35.4 Å². The van der Waals surface area contributed by atoms with E-state index in [1.807, 2.05) is 19.1 Å². The van der Waals surface area contributed by atoms with E-state index < -0.39 is 11.9 Å². The number of ether oxygens (including phenoxy) is 3. The van der Waals surface area contributed by atoms with Gasteiger partial charge in [-0.25, -0.2) is 4.39 Å². The van der Waals surface area contributed by atoms with Crippen molar-refractivity contribution in [1.82, 2.24) is 10.2 Å². The summed E-state index contributed by atoms with van der Waals surface area (Å²) >= 11 is 0. The average Bonchev–Trinajstić information content (AvgIpc) is 3.08. The number of nitrogens with one attached hydrogen (secondary N) is 1. The smallest absolute Gasteiger partial charge is 0.165 e. The lowest BCUT2D eigenvalue weighted by Crippen LogP contribution is -2.38. The minimum atomic E-state index is -0.542. The molecule has 7 nitrogen and oxygen atoms in total. The normalized spacial score (nSPS) is 20.2. The van der Waals surface area contributed by atoms with Gasteiger partial charge in [0.15, 0.2) is 17.0 Å². The zero-order chi connectivity index (χ0) is 20.5. The summed E-state index contributed by atoms with van der Waals surface area (Å²) in [7, 11) is 3.19. The highest BCUT2D eigenvalue weighted by Crippen LogP contribution is 2.42. The Hall–Kier alpha value is -3.13. The standard InChI is InChI=1S/C21H22FN3O4/c1-11-17-18-14(6-7-16(20(18)28-3)29-9-8-27-2)19(23-21(17)25-24-11)13-5-4-12(26)10-15(13)22/h4-7,10,14,19,26H,8-9H2,1-3H3,(H,23,25). The molecule has 1 aromatic heterocycles. The molecule has 2 N–H and O–H groups in total. The second-order valence-corrected chi connectivity index (χ2v) is 6.85. The van der Waals surface area contributed by atoms with Crippen LogP contribution in [-0.4, -0.2) is 42.7 Å². The Balaban J connectivity index is 1.89. The quantitative estimate of drug-likeness (QED) is 0.723. The van der Waals surface area contributed by atoms with E-state index in [0.717, 1.165) is 22.6 Å². The summed E-state index contributed by atoms with van der Waals surface area (Å²) in [5.41, 5.74) is 2.56. The van der Waals surface area contributed by atoms with Gasteiger partial charge in [0.05, 0.1) is 25.5 Å². The number of benzene rings is 1. The zero-order valence-corrected chi connectivity index (χ0v) is 16.4. The van der Waals surface area contributed by atoms with Crippen molar-refractivity contribution in [3.63, 3.8) is 0 Å². The van der Waals surface area contributed by atoms with Crippen LogP contribution in [0.3, 0.4) is 0 Å². The molecule has 29 heavy (non-hydrogen) atoms. The molecule has 1 aromatic carbocycles. The minimum absolute atomic E-state index is 0.130. The summed E-state index contributed by atoms with van der Waals surface area (Å²) in [5, 5.41) is 17.6. The molecule has 1 aliphatic carbocycles. The Morgan fingerprint density at radius 2 is 2.07 bits per heavy atom. The van der Waals surface area contributed by atoms with E-state index in [1.54, 1.807) is 20.3 Å². The number of phenols is 1. The molecule has 152 valence electrons. The number of rotatable bonds is 6. The number of aromatic hydroxyl groups is 1. The number of phenolic OH excluding ortho intramolecular Hbond substituents is 1. The predicted molar refractivity (Wildman–Crippen MR) is 103 cm³/mol. The van der Waals surface area contributed by atoms with Gasteiger partial charge >= 0.3 is 0 Å². The molecule has 0 bridgehead atoms. The van der Waals surface area contributed by atoms with Crippen LogP contribution in [0.4, 0.5) is 4.39 Å². The fourth-order valence-corrected chi connectivity index (χ4v) is 3.82. The van der Waals surface area contributed by atoms with Crippen molar-refractivity contribution in [2.75, 3.05) is 27.4 Å². The molecule has 0 spiro atoms. The molecule has 2 aromatic rings. The van der Waals surface area contributed by atoms with Gasteiger partial charge in [-0.3, -0.25) is 10.1 Å². The van der Waals surface area contributed by atoms with Gasteiger partial charge in [0.25, 0.3) is 0 Å². The molecule has 2 aliphatic rings. The van der Waals surface area contributed by atoms with Crippen LogP contribution in [0.15, 0.2) is 46.9 Å². The lowest BCUT2D eigenvalue weighted by molar-refractivity contribution is 0.107. The molecule has 1 aliphatic heterocycles. The first-order chi connectivity index (χ1) is 14.0. The molecule has 0 saturated carbocycles. The molecule has 2 heterocycles. The third-order valence-electron chi connectivity index (χ3n) is 5.11. The largest absolute Gasteiger partial charge is 0.508 e. The monoisotopic (exact) mass is 399 g/mol. The molecule has 0 saturated heterocycles. The molecule has 8 heteroatoms. The molecule has 0 radical (unpaired) electrons. The Morgan fingerprint density at radius 3 is 2.79 bits per heavy atom. The second-order valence-electron chi connectivity index (χ2n) is 6.85. The maximum absolute atomic E-state index is 14.7. The summed E-state index contributed by atoms with van der Waals surface area (Å²) < 4.78 is 31.3. The molecular formula is C21H22FN3O4. The summed E-state index contributed by atoms with van der Waals surface area (Å²) in [4.78, 5) is 4.73. The average molecular weight is 399 g/mol. The van der Waals surface area contributed by atoms with Crippen molar-refractivity contribution in [3.8, 4) is 5.75 Å². The molecule has 2 atom stereocenters. The minimum Gasteiger partial charge on any atom is -0.508 e. The van der Waals surface area contributed by atoms with Crippen molar-refractivity contribution in [3.05, 3.63) is 69.7 Å². The Kier molecular flexibility index (Phi) is 5.10. The highest BCUT2D eigenvalue weighted by Gasteiger charge is 2.36. The number of aromatic nitrogens is 2. The maximum atomic E-state index is 14.7. The number of halogens is 1. The van der Waals surface area contributed by atoms with E-state index in [0.29, 0.717) is 35.8 Å². The molecule has 0 fully saturated rings. The van der Waals surface area contributed by atoms with Crippen molar-refractivity contribution < 1.29 is 23.7 Å². The van der Waals surface area contributed by atoms with Crippen molar-refractivity contribution in [2.45, 2.75) is 13.0 Å². The lowest BCUT2D eigenvalue weighted by atomic mass is 9.80. The van der Waals surface area contributed by atoms with E-state index in [1.165, 1.54) is 6.07 Å². The highest BCUT2D eigenvalue weighted by molar-refractivity contribution is 5.71. The third kappa shape index (κ3) is 3.29. The van der Waals surface area contributed by atoms with E-state index in [9.17, 15) is 9.50 Å². The first kappa shape index (κ1) is 19.2. The fourth-order valence-electron chi connectivity index (χ4n) is 3.82. The summed E-state index contributed by atoms with van der Waals surface area (Å²) in [6.45, 7) is 2.70. The Morgan fingerprint density at radius 1 is 1.24 bits per heavy atom. The number of hydrogen-bond acceptors (Lipinski definition) is 6. The van der Waals surface area contributed by atoms with Crippen LogP contribution in [-0.2, 0) is 14.2 Å². The topological polar surface area (TPSA) is 89.0 Å². The number of allylic oxidation sites excluding steroid dienone is 2. The summed E-state index contributed by atoms with van der Waals surface area (Å²) in [6, 6.07) is 3.57. The third-order valence-corrected chi connectivity index (χ3v) is 5.11. The lowest BCUT2D eigenvalue weighted by Gasteiger charge is -2.31. The van der Waals surface area contributed by atoms with Crippen LogP contribution in [0.2, 0.25) is 0 Å². The zero-order valence-electron chi connectivity index (χ0n) is 16.4. The van der Waals surface area contributed by atoms with Crippen LogP contribution in [0.25, 0.3) is 5.57 Å². The van der Waals surface area contributed by atoms with E-state index >= 15 is 0 Å². The van der Waals surface area contributed by atoms with Gasteiger partial charge in [-0.1, -0.05) is 12.1 Å². The van der Waals surface area contributed by atoms with Crippen LogP contribution in [0.5, 0.6) is 5.75 Å². The Bertz CT molecular complexity index is 1120. The van der Waals surface area contributed by atoms with Crippen LogP contribution in [0, 0.1) is 18.7 Å². The number of H-pyrrole nitrogens is 1. The van der Waals surface area contributed by atoms with Crippen LogP contribution in [0.1, 0.15) is 17.3 Å². The highest BCUT2D eigenvalue weighted by atomic mass is 19.1. The molecule has 2 unspecified atom stereocenters. The van der Waals surface area contributed by atoms with Crippen molar-refractivity contribution in [2.24, 2.45) is 10.9 Å². The fraction of sp³-hybridized carbons (Fsp3) is 0.333. The first-order valence-corrected chi connectivity index (χ1v) is 9.25. The number of nitrogens with zero attached hydrogens (tertiary/aromatic N) is 2. The van der Waals surface area contributed by atoms with Crippen LogP contribution < -0.4 is 10.7 Å². The maximum Gasteiger partial charge on any atom is 0.165 e. The second kappa shape index (κ2) is 7.71. The number of fused-ring (bicyclic) bond motifs is 2. The van der Waals surface area contributed by atoms with Crippen molar-refractivity contribution >= 4 is 5.57 Å². The van der Waals surface area contributed by atoms with E-state index in [-0.39, 0.29) is 11.7 Å². The number of aromatic amines is 1. The van der Waals surface area contributed by atoms with E-state index in [4.69, 9.17) is 19.2 Å².